The largest absolute Gasteiger partial charge is 0.478 e. The van der Waals surface area contributed by atoms with Crippen LogP contribution in [0.1, 0.15) is 29.6 Å². The SMILES string of the molecule is COC1CCC(Nc2cccc(F)c2C(=O)O)C1. The molecule has 0 radical (unpaired) electrons. The van der Waals surface area contributed by atoms with Gasteiger partial charge in [0, 0.05) is 13.2 Å². The van der Waals surface area contributed by atoms with Gasteiger partial charge in [-0.05, 0) is 31.4 Å². The fourth-order valence-corrected chi connectivity index (χ4v) is 2.37. The predicted molar refractivity (Wildman–Crippen MR) is 65.4 cm³/mol. The third-order valence-corrected chi connectivity index (χ3v) is 3.30. The van der Waals surface area contributed by atoms with Gasteiger partial charge in [-0.2, -0.15) is 0 Å². The minimum Gasteiger partial charge on any atom is -0.478 e. The summed E-state index contributed by atoms with van der Waals surface area (Å²) in [4.78, 5) is 11.0. The predicted octanol–water partition coefficient (Wildman–Crippen LogP) is 2.50. The number of anilines is 1. The van der Waals surface area contributed by atoms with E-state index >= 15 is 0 Å². The van der Waals surface area contributed by atoms with Crippen LogP contribution in [0.25, 0.3) is 0 Å². The standard InChI is InChI=1S/C13H16FNO3/c1-18-9-6-5-8(7-9)15-11-4-2-3-10(14)12(11)13(16)17/h2-4,8-9,15H,5-7H2,1H3,(H,16,17). The summed E-state index contributed by atoms with van der Waals surface area (Å²) in [6.45, 7) is 0. The quantitative estimate of drug-likeness (QED) is 0.865. The van der Waals surface area contributed by atoms with E-state index in [0.717, 1.165) is 25.3 Å². The van der Waals surface area contributed by atoms with Gasteiger partial charge in [-0.3, -0.25) is 0 Å². The molecule has 1 aliphatic rings. The molecule has 2 atom stereocenters. The van der Waals surface area contributed by atoms with E-state index in [9.17, 15) is 9.18 Å². The summed E-state index contributed by atoms with van der Waals surface area (Å²) in [6, 6.07) is 4.38. The molecular formula is C13H16FNO3. The normalized spacial score (nSPS) is 23.0. The minimum atomic E-state index is -1.25. The number of hydrogen-bond donors (Lipinski definition) is 2. The summed E-state index contributed by atoms with van der Waals surface area (Å²) in [5.41, 5.74) is 0.0441. The highest BCUT2D eigenvalue weighted by Crippen LogP contribution is 2.27. The van der Waals surface area contributed by atoms with E-state index in [1.165, 1.54) is 6.07 Å². The number of hydrogen-bond acceptors (Lipinski definition) is 3. The second-order valence-electron chi connectivity index (χ2n) is 4.48. The molecule has 2 rings (SSSR count). The number of halogens is 1. The van der Waals surface area contributed by atoms with Gasteiger partial charge in [-0.15, -0.1) is 0 Å². The molecule has 0 aromatic heterocycles. The lowest BCUT2D eigenvalue weighted by molar-refractivity contribution is 0.0693. The van der Waals surface area contributed by atoms with Crippen LogP contribution in [0.4, 0.5) is 10.1 Å². The summed E-state index contributed by atoms with van der Waals surface area (Å²) in [5, 5.41) is 12.1. The Balaban J connectivity index is 2.15. The van der Waals surface area contributed by atoms with Gasteiger partial charge in [0.1, 0.15) is 11.4 Å². The Labute approximate surface area is 105 Å². The van der Waals surface area contributed by atoms with Crippen molar-refractivity contribution in [3.63, 3.8) is 0 Å². The summed E-state index contributed by atoms with van der Waals surface area (Å²) in [7, 11) is 1.66. The van der Waals surface area contributed by atoms with E-state index in [4.69, 9.17) is 9.84 Å². The van der Waals surface area contributed by atoms with Crippen LogP contribution >= 0.6 is 0 Å². The van der Waals surface area contributed by atoms with Crippen molar-refractivity contribution in [2.75, 3.05) is 12.4 Å². The zero-order chi connectivity index (χ0) is 13.1. The van der Waals surface area contributed by atoms with Gasteiger partial charge >= 0.3 is 5.97 Å². The van der Waals surface area contributed by atoms with Crippen molar-refractivity contribution in [3.8, 4) is 0 Å². The first kappa shape index (κ1) is 12.8. The van der Waals surface area contributed by atoms with Gasteiger partial charge in [0.2, 0.25) is 0 Å². The fraction of sp³-hybridized carbons (Fsp3) is 0.462. The average Bonchev–Trinajstić information content (AvgIpc) is 2.76. The highest BCUT2D eigenvalue weighted by Gasteiger charge is 2.26. The summed E-state index contributed by atoms with van der Waals surface area (Å²) < 4.78 is 18.7. The molecule has 98 valence electrons. The van der Waals surface area contributed by atoms with Crippen molar-refractivity contribution in [2.24, 2.45) is 0 Å². The lowest BCUT2D eigenvalue weighted by Crippen LogP contribution is -2.19. The highest BCUT2D eigenvalue weighted by atomic mass is 19.1. The van der Waals surface area contributed by atoms with Crippen LogP contribution in [0.15, 0.2) is 18.2 Å². The summed E-state index contributed by atoms with van der Waals surface area (Å²) in [6.07, 6.45) is 2.84. The van der Waals surface area contributed by atoms with E-state index in [0.29, 0.717) is 5.69 Å². The van der Waals surface area contributed by atoms with Crippen LogP contribution in [-0.2, 0) is 4.74 Å². The van der Waals surface area contributed by atoms with Crippen LogP contribution in [0.2, 0.25) is 0 Å². The number of ether oxygens (including phenoxy) is 1. The van der Waals surface area contributed by atoms with Gasteiger partial charge in [-0.25, -0.2) is 9.18 Å². The van der Waals surface area contributed by atoms with Crippen LogP contribution in [-0.4, -0.2) is 30.3 Å². The Morgan fingerprint density at radius 3 is 2.89 bits per heavy atom. The number of aromatic carboxylic acids is 1. The van der Waals surface area contributed by atoms with Gasteiger partial charge in [0.25, 0.3) is 0 Å². The number of carboxylic acid groups (broad SMARTS) is 1. The maximum absolute atomic E-state index is 13.5. The second-order valence-corrected chi connectivity index (χ2v) is 4.48. The number of methoxy groups -OCH3 is 1. The first-order valence-electron chi connectivity index (χ1n) is 5.93. The van der Waals surface area contributed by atoms with Gasteiger partial charge < -0.3 is 15.2 Å². The zero-order valence-corrected chi connectivity index (χ0v) is 10.1. The maximum atomic E-state index is 13.5. The molecule has 1 aliphatic carbocycles. The van der Waals surface area contributed by atoms with Crippen molar-refractivity contribution < 1.29 is 19.0 Å². The van der Waals surface area contributed by atoms with Crippen molar-refractivity contribution in [1.82, 2.24) is 0 Å². The summed E-state index contributed by atoms with van der Waals surface area (Å²) in [5.74, 6) is -1.97. The molecular weight excluding hydrogens is 237 g/mol. The average molecular weight is 253 g/mol. The van der Waals surface area contributed by atoms with E-state index in [-0.39, 0.29) is 17.7 Å². The third-order valence-electron chi connectivity index (χ3n) is 3.30. The topological polar surface area (TPSA) is 58.6 Å². The number of nitrogens with one attached hydrogen (secondary N) is 1. The van der Waals surface area contributed by atoms with E-state index in [1.54, 1.807) is 13.2 Å². The van der Waals surface area contributed by atoms with E-state index in [1.807, 2.05) is 0 Å². The number of rotatable bonds is 4. The molecule has 0 heterocycles. The number of carboxylic acids is 1. The molecule has 4 nitrogen and oxygen atoms in total. The molecule has 1 saturated carbocycles. The molecule has 2 N–H and O–H groups in total. The van der Waals surface area contributed by atoms with Crippen LogP contribution in [0, 0.1) is 5.82 Å². The Kier molecular flexibility index (Phi) is 3.81. The van der Waals surface area contributed by atoms with Gasteiger partial charge in [0.15, 0.2) is 0 Å². The number of carbonyl (C=O) groups is 1. The first-order chi connectivity index (χ1) is 8.61. The van der Waals surface area contributed by atoms with Crippen molar-refractivity contribution >= 4 is 11.7 Å². The second kappa shape index (κ2) is 5.35. The Morgan fingerprint density at radius 2 is 2.28 bits per heavy atom. The third kappa shape index (κ3) is 2.61. The van der Waals surface area contributed by atoms with Crippen molar-refractivity contribution in [3.05, 3.63) is 29.6 Å². The molecule has 0 aliphatic heterocycles. The maximum Gasteiger partial charge on any atom is 0.340 e. The first-order valence-corrected chi connectivity index (χ1v) is 5.93. The van der Waals surface area contributed by atoms with E-state index in [2.05, 4.69) is 5.32 Å². The lowest BCUT2D eigenvalue weighted by Gasteiger charge is -2.16. The highest BCUT2D eigenvalue weighted by molar-refractivity contribution is 5.94. The van der Waals surface area contributed by atoms with Crippen LogP contribution in [0.5, 0.6) is 0 Å². The molecule has 2 unspecified atom stereocenters. The molecule has 5 heteroatoms. The lowest BCUT2D eigenvalue weighted by atomic mass is 10.1. The molecule has 1 fully saturated rings. The van der Waals surface area contributed by atoms with E-state index < -0.39 is 11.8 Å². The Bertz CT molecular complexity index is 450. The monoisotopic (exact) mass is 253 g/mol. The molecule has 0 saturated heterocycles. The Morgan fingerprint density at radius 1 is 1.50 bits per heavy atom. The molecule has 0 amide bonds. The number of benzene rings is 1. The minimum absolute atomic E-state index is 0.134. The Hall–Kier alpha value is -1.62. The van der Waals surface area contributed by atoms with Crippen LogP contribution in [0.3, 0.4) is 0 Å². The molecule has 18 heavy (non-hydrogen) atoms. The van der Waals surface area contributed by atoms with Gasteiger partial charge in [-0.1, -0.05) is 6.07 Å². The van der Waals surface area contributed by atoms with Gasteiger partial charge in [0.05, 0.1) is 11.8 Å². The summed E-state index contributed by atoms with van der Waals surface area (Å²) >= 11 is 0. The van der Waals surface area contributed by atoms with Crippen LogP contribution < -0.4 is 5.32 Å². The van der Waals surface area contributed by atoms with Crippen molar-refractivity contribution in [2.45, 2.75) is 31.4 Å². The van der Waals surface area contributed by atoms with Crippen molar-refractivity contribution in [1.29, 1.82) is 0 Å². The molecule has 1 aromatic rings. The fourth-order valence-electron chi connectivity index (χ4n) is 2.37. The molecule has 1 aromatic carbocycles. The molecule has 0 bridgehead atoms. The molecule has 0 spiro atoms. The zero-order valence-electron chi connectivity index (χ0n) is 10.1. The smallest absolute Gasteiger partial charge is 0.340 e.